The van der Waals surface area contributed by atoms with Gasteiger partial charge in [0.15, 0.2) is 0 Å². The minimum atomic E-state index is 0.808. The monoisotopic (exact) mass is 528 g/mol. The first-order chi connectivity index (χ1) is 16.1. The number of nitrogens with one attached hydrogen (secondary N) is 1. The first kappa shape index (κ1) is 20.5. The second-order valence-electron chi connectivity index (χ2n) is 7.75. The van der Waals surface area contributed by atoms with Gasteiger partial charge in [0, 0.05) is 26.7 Å². The number of thiophene rings is 1. The van der Waals surface area contributed by atoms with Crippen molar-refractivity contribution in [2.45, 2.75) is 6.92 Å². The summed E-state index contributed by atoms with van der Waals surface area (Å²) in [5.41, 5.74) is 6.66. The molecule has 6 aromatic rings. The molecule has 0 radical (unpaired) electrons. The molecule has 0 saturated carbocycles. The highest BCUT2D eigenvalue weighted by atomic mass is 79.9. The molecule has 7 heteroatoms. The molecule has 0 unspecified atom stereocenters. The van der Waals surface area contributed by atoms with Crippen molar-refractivity contribution in [3.8, 4) is 21.7 Å². The van der Waals surface area contributed by atoms with Gasteiger partial charge in [-0.2, -0.15) is 0 Å². The van der Waals surface area contributed by atoms with E-state index < -0.39 is 0 Å². The Labute approximate surface area is 207 Å². The van der Waals surface area contributed by atoms with Crippen LogP contribution in [0.3, 0.4) is 0 Å². The Kier molecular flexibility index (Phi) is 5.17. The number of aryl methyl sites for hydroxylation is 1. The summed E-state index contributed by atoms with van der Waals surface area (Å²) in [5, 5.41) is 7.71. The van der Waals surface area contributed by atoms with Gasteiger partial charge in [0.05, 0.1) is 15.6 Å². The van der Waals surface area contributed by atoms with Crippen molar-refractivity contribution in [1.82, 2.24) is 15.0 Å². The van der Waals surface area contributed by atoms with E-state index in [1.807, 2.05) is 0 Å². The zero-order chi connectivity index (χ0) is 22.4. The molecule has 33 heavy (non-hydrogen) atoms. The quantitative estimate of drug-likeness (QED) is 0.249. The number of hydrogen-bond donors (Lipinski definition) is 1. The lowest BCUT2D eigenvalue weighted by Gasteiger charge is -2.09. The van der Waals surface area contributed by atoms with Crippen molar-refractivity contribution in [3.63, 3.8) is 0 Å². The molecule has 0 aliphatic heterocycles. The Morgan fingerprint density at radius 2 is 1.67 bits per heavy atom. The van der Waals surface area contributed by atoms with Crippen LogP contribution in [0.5, 0.6) is 0 Å². The van der Waals surface area contributed by atoms with E-state index >= 15 is 0 Å². The minimum absolute atomic E-state index is 0.808. The van der Waals surface area contributed by atoms with Gasteiger partial charge in [-0.1, -0.05) is 34.1 Å². The van der Waals surface area contributed by atoms with Crippen LogP contribution in [0.1, 0.15) is 5.56 Å². The maximum atomic E-state index is 4.80. The molecule has 0 atom stereocenters. The van der Waals surface area contributed by atoms with Crippen LogP contribution in [0.2, 0.25) is 0 Å². The second-order valence-corrected chi connectivity index (χ2v) is 10.6. The number of hydrogen-bond acceptors (Lipinski definition) is 6. The van der Waals surface area contributed by atoms with Gasteiger partial charge in [0.2, 0.25) is 0 Å². The molecule has 160 valence electrons. The second kappa shape index (κ2) is 8.33. The predicted octanol–water partition coefficient (Wildman–Crippen LogP) is 8.45. The van der Waals surface area contributed by atoms with Gasteiger partial charge in [-0.15, -0.1) is 22.7 Å². The summed E-state index contributed by atoms with van der Waals surface area (Å²) in [4.78, 5) is 14.8. The first-order valence-electron chi connectivity index (χ1n) is 10.4. The van der Waals surface area contributed by atoms with E-state index in [0.717, 1.165) is 53.4 Å². The SMILES string of the molecule is Cc1ccc2nc(-c3ccc(Nc4ncnc5scc(-c6ccc(Br)cc6)c45)cc3)sc2c1. The van der Waals surface area contributed by atoms with Crippen LogP contribution in [0.25, 0.3) is 42.1 Å². The average Bonchev–Trinajstić information content (AvgIpc) is 3.45. The van der Waals surface area contributed by atoms with Crippen molar-refractivity contribution >= 4 is 70.5 Å². The number of halogens is 1. The van der Waals surface area contributed by atoms with Crippen LogP contribution in [-0.2, 0) is 0 Å². The third-order valence-electron chi connectivity index (χ3n) is 5.46. The largest absolute Gasteiger partial charge is 0.340 e. The molecule has 3 aromatic carbocycles. The lowest BCUT2D eigenvalue weighted by atomic mass is 10.1. The van der Waals surface area contributed by atoms with Crippen molar-refractivity contribution in [1.29, 1.82) is 0 Å². The summed E-state index contributed by atoms with van der Waals surface area (Å²) in [6.07, 6.45) is 1.62. The highest BCUT2D eigenvalue weighted by Crippen LogP contribution is 2.38. The van der Waals surface area contributed by atoms with Crippen LogP contribution in [0.4, 0.5) is 11.5 Å². The normalized spacial score (nSPS) is 11.3. The summed E-state index contributed by atoms with van der Waals surface area (Å²) in [6, 6.07) is 23.1. The number of rotatable bonds is 4. The summed E-state index contributed by atoms with van der Waals surface area (Å²) >= 11 is 6.87. The maximum absolute atomic E-state index is 4.80. The Morgan fingerprint density at radius 3 is 2.48 bits per heavy atom. The highest BCUT2D eigenvalue weighted by molar-refractivity contribution is 9.10. The van der Waals surface area contributed by atoms with Gasteiger partial charge in [-0.3, -0.25) is 0 Å². The fourth-order valence-electron chi connectivity index (χ4n) is 3.80. The number of aromatic nitrogens is 3. The summed E-state index contributed by atoms with van der Waals surface area (Å²) < 4.78 is 2.28. The Hall–Kier alpha value is -3.13. The summed E-state index contributed by atoms with van der Waals surface area (Å²) in [5.74, 6) is 0.808. The molecular formula is C26H17BrN4S2. The van der Waals surface area contributed by atoms with Crippen molar-refractivity contribution < 1.29 is 0 Å². The van der Waals surface area contributed by atoms with Crippen LogP contribution in [0.15, 0.2) is 82.9 Å². The molecule has 0 aliphatic carbocycles. The van der Waals surface area contributed by atoms with Crippen LogP contribution in [0, 0.1) is 6.92 Å². The number of anilines is 2. The van der Waals surface area contributed by atoms with E-state index in [-0.39, 0.29) is 0 Å². The average molecular weight is 529 g/mol. The molecule has 6 rings (SSSR count). The zero-order valence-electron chi connectivity index (χ0n) is 17.5. The third kappa shape index (κ3) is 3.93. The zero-order valence-corrected chi connectivity index (χ0v) is 20.8. The molecule has 4 nitrogen and oxygen atoms in total. The standard InChI is InChI=1S/C26H17BrN4S2/c1-15-2-11-21-22(12-15)33-25(31-21)17-5-9-19(10-6-17)30-24-23-20(13-32-26(23)29-14-28-24)16-3-7-18(27)8-4-16/h2-14H,1H3,(H,28,29,30). The van der Waals surface area contributed by atoms with Gasteiger partial charge in [0.1, 0.15) is 22.0 Å². The van der Waals surface area contributed by atoms with Crippen LogP contribution < -0.4 is 5.32 Å². The van der Waals surface area contributed by atoms with Gasteiger partial charge >= 0.3 is 0 Å². The Bertz CT molecular complexity index is 1600. The molecule has 0 amide bonds. The highest BCUT2D eigenvalue weighted by Gasteiger charge is 2.14. The van der Waals surface area contributed by atoms with E-state index in [1.165, 1.54) is 10.3 Å². The minimum Gasteiger partial charge on any atom is -0.340 e. The predicted molar refractivity (Wildman–Crippen MR) is 144 cm³/mol. The molecule has 3 heterocycles. The molecule has 3 aromatic heterocycles. The lowest BCUT2D eigenvalue weighted by Crippen LogP contribution is -1.95. The van der Waals surface area contributed by atoms with Crippen molar-refractivity contribution in [2.75, 3.05) is 5.32 Å². The topological polar surface area (TPSA) is 50.7 Å². The smallest absolute Gasteiger partial charge is 0.143 e. The maximum Gasteiger partial charge on any atom is 0.143 e. The molecule has 0 bridgehead atoms. The Morgan fingerprint density at radius 1 is 0.879 bits per heavy atom. The van der Waals surface area contributed by atoms with E-state index in [0.29, 0.717) is 0 Å². The van der Waals surface area contributed by atoms with E-state index in [9.17, 15) is 0 Å². The van der Waals surface area contributed by atoms with Gasteiger partial charge in [0.25, 0.3) is 0 Å². The van der Waals surface area contributed by atoms with Gasteiger partial charge in [-0.25, -0.2) is 15.0 Å². The molecule has 0 fully saturated rings. The lowest BCUT2D eigenvalue weighted by molar-refractivity contribution is 1.23. The third-order valence-corrected chi connectivity index (χ3v) is 7.95. The fraction of sp³-hybridized carbons (Fsp3) is 0.0385. The molecule has 0 saturated heterocycles. The van der Waals surface area contributed by atoms with Crippen molar-refractivity contribution in [2.24, 2.45) is 0 Å². The van der Waals surface area contributed by atoms with Crippen molar-refractivity contribution in [3.05, 3.63) is 88.5 Å². The summed E-state index contributed by atoms with van der Waals surface area (Å²) in [7, 11) is 0. The number of nitrogens with zero attached hydrogens (tertiary/aromatic N) is 3. The van der Waals surface area contributed by atoms with E-state index in [1.54, 1.807) is 29.0 Å². The van der Waals surface area contributed by atoms with Gasteiger partial charge < -0.3 is 5.32 Å². The first-order valence-corrected chi connectivity index (χ1v) is 12.9. The van der Waals surface area contributed by atoms with E-state index in [2.05, 4.69) is 110 Å². The molecule has 0 aliphatic rings. The fourth-order valence-corrected chi connectivity index (χ4v) is 6.05. The van der Waals surface area contributed by atoms with E-state index in [4.69, 9.17) is 4.98 Å². The molecule has 1 N–H and O–H groups in total. The molecule has 0 spiro atoms. The molecular weight excluding hydrogens is 512 g/mol. The summed E-state index contributed by atoms with van der Waals surface area (Å²) in [6.45, 7) is 2.11. The number of thiazole rings is 1. The van der Waals surface area contributed by atoms with Gasteiger partial charge in [-0.05, 0) is 66.6 Å². The number of benzene rings is 3. The number of fused-ring (bicyclic) bond motifs is 2. The van der Waals surface area contributed by atoms with Crippen LogP contribution in [-0.4, -0.2) is 15.0 Å². The Balaban J connectivity index is 1.33. The van der Waals surface area contributed by atoms with Crippen LogP contribution >= 0.6 is 38.6 Å².